The van der Waals surface area contributed by atoms with Gasteiger partial charge in [-0.15, -0.1) is 0 Å². The minimum absolute atomic E-state index is 0.129. The molecular formula is C16H26N2O6Sn. The number of unbranched alkanes of at least 4 members (excludes halogenated alkanes) is 2. The molecule has 4 amide bonds. The predicted molar refractivity (Wildman–Crippen MR) is 89.5 cm³/mol. The molecule has 0 N–H and O–H groups in total. The van der Waals surface area contributed by atoms with Gasteiger partial charge in [-0.25, -0.2) is 0 Å². The number of hydrogen-bond acceptors (Lipinski definition) is 6. The van der Waals surface area contributed by atoms with E-state index in [4.69, 9.17) is 6.35 Å². The number of rotatable bonds is 10. The number of amides is 4. The Balaban J connectivity index is 2.25. The molecule has 9 heteroatoms. The Kier molecular flexibility index (Phi) is 7.38. The van der Waals surface area contributed by atoms with Crippen molar-refractivity contribution in [2.24, 2.45) is 0 Å². The summed E-state index contributed by atoms with van der Waals surface area (Å²) in [5, 5.41) is 1.68. The fourth-order valence-electron chi connectivity index (χ4n) is 2.86. The van der Waals surface area contributed by atoms with Gasteiger partial charge in [0.05, 0.1) is 0 Å². The van der Waals surface area contributed by atoms with Crippen LogP contribution in [0.15, 0.2) is 0 Å². The summed E-state index contributed by atoms with van der Waals surface area (Å²) in [6, 6.07) is 0. The third-order valence-electron chi connectivity index (χ3n) is 4.35. The maximum atomic E-state index is 12.0. The van der Waals surface area contributed by atoms with Crippen molar-refractivity contribution in [1.82, 2.24) is 10.1 Å². The molecule has 2 aliphatic rings. The molecule has 0 spiro atoms. The van der Waals surface area contributed by atoms with Crippen LogP contribution in [0.2, 0.25) is 8.87 Å². The Bertz CT molecular complexity index is 473. The molecule has 2 aliphatic heterocycles. The molecular weight excluding hydrogens is 435 g/mol. The van der Waals surface area contributed by atoms with Crippen molar-refractivity contribution in [3.05, 3.63) is 0 Å². The summed E-state index contributed by atoms with van der Waals surface area (Å²) in [7, 11) is 0. The van der Waals surface area contributed by atoms with Crippen LogP contribution in [-0.4, -0.2) is 53.0 Å². The second-order valence-corrected chi connectivity index (χ2v) is 15.6. The van der Waals surface area contributed by atoms with Crippen LogP contribution in [0.5, 0.6) is 0 Å². The van der Waals surface area contributed by atoms with E-state index in [9.17, 15) is 19.2 Å². The van der Waals surface area contributed by atoms with Gasteiger partial charge in [-0.1, -0.05) is 0 Å². The first-order valence-corrected chi connectivity index (χ1v) is 15.4. The summed E-state index contributed by atoms with van der Waals surface area (Å²) < 4.78 is 13.1. The van der Waals surface area contributed by atoms with Crippen LogP contribution in [0, 0.1) is 0 Å². The van der Waals surface area contributed by atoms with Gasteiger partial charge in [-0.2, -0.15) is 0 Å². The van der Waals surface area contributed by atoms with Crippen LogP contribution in [0.4, 0.5) is 0 Å². The van der Waals surface area contributed by atoms with Gasteiger partial charge in [-0.3, -0.25) is 0 Å². The van der Waals surface area contributed by atoms with E-state index in [2.05, 4.69) is 0 Å². The summed E-state index contributed by atoms with van der Waals surface area (Å²) in [6.07, 6.45) is 3.89. The summed E-state index contributed by atoms with van der Waals surface area (Å²) >= 11 is -4.08. The van der Waals surface area contributed by atoms with Gasteiger partial charge in [0.1, 0.15) is 0 Å². The molecule has 25 heavy (non-hydrogen) atoms. The van der Waals surface area contributed by atoms with Crippen molar-refractivity contribution in [2.75, 3.05) is 0 Å². The number of carbonyl (C=O) groups excluding carboxylic acids is 4. The summed E-state index contributed by atoms with van der Waals surface area (Å²) in [6.45, 7) is 4.05. The average Bonchev–Trinajstić information content (AvgIpc) is 3.08. The first-order chi connectivity index (χ1) is 11.9. The first-order valence-electron chi connectivity index (χ1n) is 9.02. The van der Waals surface area contributed by atoms with Gasteiger partial charge in [0, 0.05) is 0 Å². The fraction of sp³-hybridized carbons (Fsp3) is 0.750. The zero-order chi connectivity index (χ0) is 18.4. The molecule has 0 atom stereocenters. The number of carbonyl (C=O) groups is 4. The minimum atomic E-state index is -4.08. The summed E-state index contributed by atoms with van der Waals surface area (Å²) in [5.41, 5.74) is 0. The Morgan fingerprint density at radius 1 is 0.720 bits per heavy atom. The normalized spacial score (nSPS) is 18.8. The van der Waals surface area contributed by atoms with E-state index in [-0.39, 0.29) is 49.3 Å². The molecule has 0 saturated carbocycles. The molecule has 2 saturated heterocycles. The Morgan fingerprint density at radius 2 is 1.04 bits per heavy atom. The SMILES string of the molecule is CCC[CH2][Sn]([CH2]CCC)([O]N1C(=O)CCC1=O)[O]N1C(=O)CCC1=O. The molecule has 2 rings (SSSR count). The topological polar surface area (TPSA) is 93.2 Å². The zero-order valence-electron chi connectivity index (χ0n) is 14.9. The summed E-state index contributed by atoms with van der Waals surface area (Å²) in [4.78, 5) is 47.9. The van der Waals surface area contributed by atoms with Crippen LogP contribution in [0.25, 0.3) is 0 Å². The Morgan fingerprint density at radius 3 is 1.32 bits per heavy atom. The molecule has 2 fully saturated rings. The third-order valence-corrected chi connectivity index (χ3v) is 13.7. The van der Waals surface area contributed by atoms with Crippen LogP contribution in [0.1, 0.15) is 65.2 Å². The second-order valence-electron chi connectivity index (χ2n) is 6.46. The number of hydrogen-bond donors (Lipinski definition) is 0. The average molecular weight is 461 g/mol. The van der Waals surface area contributed by atoms with Crippen LogP contribution in [-0.2, 0) is 25.5 Å². The van der Waals surface area contributed by atoms with E-state index in [1.54, 1.807) is 0 Å². The van der Waals surface area contributed by atoms with Crippen molar-refractivity contribution in [2.45, 2.75) is 74.1 Å². The zero-order valence-corrected chi connectivity index (χ0v) is 17.8. The van der Waals surface area contributed by atoms with Gasteiger partial charge in [0.2, 0.25) is 0 Å². The van der Waals surface area contributed by atoms with Crippen molar-refractivity contribution in [3.63, 3.8) is 0 Å². The van der Waals surface area contributed by atoms with E-state index < -0.39 is 19.2 Å². The number of nitrogens with zero attached hydrogens (tertiary/aromatic N) is 2. The van der Waals surface area contributed by atoms with Crippen LogP contribution in [0.3, 0.4) is 0 Å². The fourth-order valence-corrected chi connectivity index (χ4v) is 12.9. The van der Waals surface area contributed by atoms with E-state index in [0.29, 0.717) is 8.87 Å². The molecule has 0 aromatic heterocycles. The maximum absolute atomic E-state index is 12.0. The quantitative estimate of drug-likeness (QED) is 0.366. The van der Waals surface area contributed by atoms with Gasteiger partial charge in [-0.05, 0) is 0 Å². The van der Waals surface area contributed by atoms with Crippen molar-refractivity contribution in [1.29, 1.82) is 0 Å². The van der Waals surface area contributed by atoms with Crippen LogP contribution >= 0.6 is 0 Å². The van der Waals surface area contributed by atoms with Gasteiger partial charge in [0.15, 0.2) is 0 Å². The van der Waals surface area contributed by atoms with Gasteiger partial charge < -0.3 is 0 Å². The molecule has 2 heterocycles. The van der Waals surface area contributed by atoms with Crippen molar-refractivity contribution >= 4 is 42.8 Å². The van der Waals surface area contributed by atoms with E-state index >= 15 is 0 Å². The molecule has 0 aromatic rings. The third kappa shape index (κ3) is 5.01. The van der Waals surface area contributed by atoms with Crippen molar-refractivity contribution in [3.8, 4) is 0 Å². The van der Waals surface area contributed by atoms with Crippen molar-refractivity contribution < 1.29 is 25.5 Å². The van der Waals surface area contributed by atoms with E-state index in [1.165, 1.54) is 0 Å². The predicted octanol–water partition coefficient (Wildman–Crippen LogP) is 2.19. The first kappa shape index (κ1) is 20.3. The number of hydroxylamine groups is 4. The molecule has 0 aliphatic carbocycles. The molecule has 0 bridgehead atoms. The second kappa shape index (κ2) is 9.09. The Hall–Kier alpha value is -1.00. The molecule has 0 radical (unpaired) electrons. The molecule has 0 unspecified atom stereocenters. The molecule has 140 valence electrons. The standard InChI is InChI=1S/2C4H4NO3.2C4H9.Sn/c2*6-3-1-2-4(7)5(3)8;2*1-3-4-2;/h2*1-2H2;2*1,3-4H2,2H3;/q2*-1;;;+2. The number of imide groups is 2. The van der Waals surface area contributed by atoms with E-state index in [1.807, 2.05) is 13.8 Å². The van der Waals surface area contributed by atoms with E-state index in [0.717, 1.165) is 35.8 Å². The van der Waals surface area contributed by atoms with Gasteiger partial charge in [0.25, 0.3) is 0 Å². The molecule has 0 aromatic carbocycles. The van der Waals surface area contributed by atoms with Gasteiger partial charge >= 0.3 is 153 Å². The van der Waals surface area contributed by atoms with Crippen LogP contribution < -0.4 is 0 Å². The Labute approximate surface area is 152 Å². The molecule has 8 nitrogen and oxygen atoms in total. The summed E-state index contributed by atoms with van der Waals surface area (Å²) in [5.74, 6) is -1.49. The monoisotopic (exact) mass is 462 g/mol.